The predicted molar refractivity (Wildman–Crippen MR) is 54.6 cm³/mol. The van der Waals surface area contributed by atoms with E-state index in [1.165, 1.54) is 0 Å². The Morgan fingerprint density at radius 3 is 2.36 bits per heavy atom. The highest BCUT2D eigenvalue weighted by molar-refractivity contribution is 5.79. The molecule has 0 aromatic heterocycles. The van der Waals surface area contributed by atoms with E-state index < -0.39 is 0 Å². The fraction of sp³-hybridized carbons (Fsp3) is 0.778. The molecular weight excluding hydrogens is 182 g/mol. The van der Waals surface area contributed by atoms with Crippen LogP contribution in [0.5, 0.6) is 0 Å². The van der Waals surface area contributed by atoms with Gasteiger partial charge in [-0.3, -0.25) is 9.59 Å². The zero-order valence-electron chi connectivity index (χ0n) is 8.80. The van der Waals surface area contributed by atoms with Crippen molar-refractivity contribution < 1.29 is 9.59 Å². The SMILES string of the molecule is CC(C)NC(=O)CCNC(=O)CCN. The number of nitrogens with two attached hydrogens (primary N) is 1. The average molecular weight is 201 g/mol. The van der Waals surface area contributed by atoms with Gasteiger partial charge in [0.25, 0.3) is 0 Å². The highest BCUT2D eigenvalue weighted by Gasteiger charge is 2.04. The van der Waals surface area contributed by atoms with E-state index in [1.807, 2.05) is 13.8 Å². The Kier molecular flexibility index (Phi) is 6.74. The lowest BCUT2D eigenvalue weighted by Crippen LogP contribution is -2.34. The first kappa shape index (κ1) is 12.9. The fourth-order valence-corrected chi connectivity index (χ4v) is 0.929. The van der Waals surface area contributed by atoms with E-state index in [0.29, 0.717) is 25.9 Å². The molecule has 0 aromatic rings. The maximum atomic E-state index is 11.1. The molecule has 0 aliphatic rings. The van der Waals surface area contributed by atoms with Gasteiger partial charge >= 0.3 is 0 Å². The van der Waals surface area contributed by atoms with Crippen LogP contribution in [0.15, 0.2) is 0 Å². The minimum absolute atomic E-state index is 0.0481. The summed E-state index contributed by atoms with van der Waals surface area (Å²) in [6.45, 7) is 4.50. The topological polar surface area (TPSA) is 84.2 Å². The molecule has 0 saturated heterocycles. The molecule has 0 rings (SSSR count). The summed E-state index contributed by atoms with van der Waals surface area (Å²) in [5.41, 5.74) is 5.19. The second kappa shape index (κ2) is 7.32. The molecule has 0 spiro atoms. The zero-order valence-corrected chi connectivity index (χ0v) is 8.80. The first-order valence-corrected chi connectivity index (χ1v) is 4.82. The predicted octanol–water partition coefficient (Wildman–Crippen LogP) is -0.634. The van der Waals surface area contributed by atoms with E-state index in [2.05, 4.69) is 10.6 Å². The fourth-order valence-electron chi connectivity index (χ4n) is 0.929. The number of carbonyl (C=O) groups excluding carboxylic acids is 2. The molecule has 0 aliphatic heterocycles. The standard InChI is InChI=1S/C9H19N3O2/c1-7(2)12-9(14)4-6-11-8(13)3-5-10/h7H,3-6,10H2,1-2H3,(H,11,13)(H,12,14). The van der Waals surface area contributed by atoms with Crippen LogP contribution >= 0.6 is 0 Å². The van der Waals surface area contributed by atoms with E-state index in [4.69, 9.17) is 5.73 Å². The molecule has 0 unspecified atom stereocenters. The maximum Gasteiger partial charge on any atom is 0.221 e. The zero-order chi connectivity index (χ0) is 11.0. The molecule has 82 valence electrons. The molecule has 0 heterocycles. The van der Waals surface area contributed by atoms with Crippen LogP contribution < -0.4 is 16.4 Å². The molecule has 0 atom stereocenters. The van der Waals surface area contributed by atoms with Crippen molar-refractivity contribution in [2.24, 2.45) is 5.73 Å². The smallest absolute Gasteiger partial charge is 0.221 e. The molecule has 2 amide bonds. The van der Waals surface area contributed by atoms with E-state index in [1.54, 1.807) is 0 Å². The van der Waals surface area contributed by atoms with Crippen LogP contribution in [-0.2, 0) is 9.59 Å². The second-order valence-electron chi connectivity index (χ2n) is 3.36. The Bertz CT molecular complexity index is 192. The van der Waals surface area contributed by atoms with Crippen molar-refractivity contribution in [3.8, 4) is 0 Å². The Hall–Kier alpha value is -1.10. The number of hydrogen-bond acceptors (Lipinski definition) is 3. The van der Waals surface area contributed by atoms with Gasteiger partial charge in [-0.1, -0.05) is 0 Å². The molecule has 5 heteroatoms. The molecular formula is C9H19N3O2. The van der Waals surface area contributed by atoms with Crippen molar-refractivity contribution in [2.45, 2.75) is 32.7 Å². The van der Waals surface area contributed by atoms with Crippen molar-refractivity contribution in [1.29, 1.82) is 0 Å². The molecule has 0 aliphatic carbocycles. The first-order chi connectivity index (χ1) is 6.56. The molecule has 4 N–H and O–H groups in total. The van der Waals surface area contributed by atoms with Gasteiger partial charge in [-0.25, -0.2) is 0 Å². The number of nitrogens with one attached hydrogen (secondary N) is 2. The van der Waals surface area contributed by atoms with Crippen molar-refractivity contribution in [3.63, 3.8) is 0 Å². The molecule has 0 bridgehead atoms. The van der Waals surface area contributed by atoms with Crippen molar-refractivity contribution in [2.75, 3.05) is 13.1 Å². The van der Waals surface area contributed by atoms with Crippen LogP contribution in [0.3, 0.4) is 0 Å². The third-order valence-electron chi connectivity index (χ3n) is 1.50. The lowest BCUT2D eigenvalue weighted by atomic mass is 10.3. The minimum atomic E-state index is -0.107. The molecule has 0 radical (unpaired) electrons. The quantitative estimate of drug-likeness (QED) is 0.535. The maximum absolute atomic E-state index is 11.1. The second-order valence-corrected chi connectivity index (χ2v) is 3.36. The lowest BCUT2D eigenvalue weighted by Gasteiger charge is -2.08. The third-order valence-corrected chi connectivity index (χ3v) is 1.50. The molecule has 0 fully saturated rings. The van der Waals surface area contributed by atoms with E-state index in [-0.39, 0.29) is 17.9 Å². The Morgan fingerprint density at radius 1 is 1.21 bits per heavy atom. The monoisotopic (exact) mass is 201 g/mol. The number of rotatable bonds is 6. The molecule has 0 saturated carbocycles. The van der Waals surface area contributed by atoms with Gasteiger partial charge in [0.05, 0.1) is 0 Å². The average Bonchev–Trinajstić information content (AvgIpc) is 2.02. The highest BCUT2D eigenvalue weighted by Crippen LogP contribution is 1.83. The Morgan fingerprint density at radius 2 is 1.86 bits per heavy atom. The number of carbonyl (C=O) groups is 2. The number of hydrogen-bond donors (Lipinski definition) is 3. The summed E-state index contributed by atoms with van der Waals surface area (Å²) in [6, 6.07) is 0.141. The summed E-state index contributed by atoms with van der Waals surface area (Å²) in [5, 5.41) is 5.34. The summed E-state index contributed by atoms with van der Waals surface area (Å²) in [5.74, 6) is -0.155. The van der Waals surface area contributed by atoms with Crippen molar-refractivity contribution in [3.05, 3.63) is 0 Å². The van der Waals surface area contributed by atoms with Gasteiger partial charge < -0.3 is 16.4 Å². The number of amides is 2. The summed E-state index contributed by atoms with van der Waals surface area (Å²) >= 11 is 0. The summed E-state index contributed by atoms with van der Waals surface area (Å²) < 4.78 is 0. The van der Waals surface area contributed by atoms with Crippen LogP contribution in [0.25, 0.3) is 0 Å². The van der Waals surface area contributed by atoms with Crippen molar-refractivity contribution in [1.82, 2.24) is 10.6 Å². The van der Waals surface area contributed by atoms with Gasteiger partial charge in [0.1, 0.15) is 0 Å². The molecule has 14 heavy (non-hydrogen) atoms. The lowest BCUT2D eigenvalue weighted by molar-refractivity contribution is -0.122. The summed E-state index contributed by atoms with van der Waals surface area (Å²) in [4.78, 5) is 22.0. The molecule has 0 aromatic carbocycles. The van der Waals surface area contributed by atoms with Gasteiger partial charge in [0.15, 0.2) is 0 Å². The summed E-state index contributed by atoms with van der Waals surface area (Å²) in [7, 11) is 0. The largest absolute Gasteiger partial charge is 0.356 e. The van der Waals surface area contributed by atoms with Gasteiger partial charge in [0.2, 0.25) is 11.8 Å². The minimum Gasteiger partial charge on any atom is -0.356 e. The van der Waals surface area contributed by atoms with Crippen LogP contribution in [0.2, 0.25) is 0 Å². The van der Waals surface area contributed by atoms with Crippen LogP contribution in [0.4, 0.5) is 0 Å². The molecule has 5 nitrogen and oxygen atoms in total. The summed E-state index contributed by atoms with van der Waals surface area (Å²) in [6.07, 6.45) is 0.625. The van der Waals surface area contributed by atoms with Gasteiger partial charge in [-0.2, -0.15) is 0 Å². The normalized spacial score (nSPS) is 10.0. The van der Waals surface area contributed by atoms with Crippen molar-refractivity contribution >= 4 is 11.8 Å². The third kappa shape index (κ3) is 7.54. The van der Waals surface area contributed by atoms with Crippen LogP contribution in [0, 0.1) is 0 Å². The van der Waals surface area contributed by atoms with Crippen LogP contribution in [-0.4, -0.2) is 30.9 Å². The van der Waals surface area contributed by atoms with Gasteiger partial charge in [-0.15, -0.1) is 0 Å². The van der Waals surface area contributed by atoms with E-state index in [0.717, 1.165) is 0 Å². The Labute approximate surface area is 84.4 Å². The Balaban J connectivity index is 3.44. The van der Waals surface area contributed by atoms with Gasteiger partial charge in [-0.05, 0) is 13.8 Å². The van der Waals surface area contributed by atoms with Gasteiger partial charge in [0, 0.05) is 32.0 Å². The first-order valence-electron chi connectivity index (χ1n) is 4.82. The van der Waals surface area contributed by atoms with E-state index >= 15 is 0 Å². The van der Waals surface area contributed by atoms with E-state index in [9.17, 15) is 9.59 Å². The highest BCUT2D eigenvalue weighted by atomic mass is 16.2. The van der Waals surface area contributed by atoms with Crippen LogP contribution in [0.1, 0.15) is 26.7 Å².